The lowest BCUT2D eigenvalue weighted by atomic mass is 10.00. The van der Waals surface area contributed by atoms with Crippen LogP contribution in [0.5, 0.6) is 5.75 Å². The van der Waals surface area contributed by atoms with E-state index in [2.05, 4.69) is 0 Å². The van der Waals surface area contributed by atoms with Crippen LogP contribution in [0, 0.1) is 12.8 Å². The monoisotopic (exact) mass is 460 g/mol. The number of aliphatic hydroxyl groups is 1. The normalized spacial score (nSPS) is 21.6. The van der Waals surface area contributed by atoms with E-state index in [0.29, 0.717) is 6.54 Å². The first-order valence-electron chi connectivity index (χ1n) is 10.8. The average Bonchev–Trinajstić information content (AvgIpc) is 2.75. The van der Waals surface area contributed by atoms with Crippen LogP contribution in [0.3, 0.4) is 0 Å². The molecule has 1 N–H and O–H groups in total. The van der Waals surface area contributed by atoms with E-state index in [0.717, 1.165) is 16.7 Å². The zero-order valence-electron chi connectivity index (χ0n) is 19.3. The molecule has 32 heavy (non-hydrogen) atoms. The predicted octanol–water partition coefficient (Wildman–Crippen LogP) is 2.91. The van der Waals surface area contributed by atoms with Gasteiger partial charge >= 0.3 is 0 Å². The van der Waals surface area contributed by atoms with Gasteiger partial charge in [-0.05, 0) is 42.7 Å². The molecule has 0 fully saturated rings. The lowest BCUT2D eigenvalue weighted by Gasteiger charge is -2.37. The third-order valence-electron chi connectivity index (χ3n) is 6.11. The molecule has 0 bridgehead atoms. The van der Waals surface area contributed by atoms with Crippen LogP contribution in [0.2, 0.25) is 0 Å². The Balaban J connectivity index is 2.16. The van der Waals surface area contributed by atoms with Crippen LogP contribution < -0.4 is 4.74 Å². The van der Waals surface area contributed by atoms with Gasteiger partial charge in [0.1, 0.15) is 16.7 Å². The Bertz CT molecular complexity index is 1090. The fraction of sp³-hybridized carbons (Fsp3) is 0.458. The summed E-state index contributed by atoms with van der Waals surface area (Å²) in [6, 6.07) is 12.4. The van der Waals surface area contributed by atoms with Crippen molar-refractivity contribution in [3.05, 3.63) is 48.0 Å². The number of amides is 1. The zero-order valence-corrected chi connectivity index (χ0v) is 20.1. The van der Waals surface area contributed by atoms with Gasteiger partial charge in [-0.3, -0.25) is 4.79 Å². The number of aliphatic hydroxyl groups excluding tert-OH is 1. The summed E-state index contributed by atoms with van der Waals surface area (Å²) in [4.78, 5) is 13.5. The van der Waals surface area contributed by atoms with Gasteiger partial charge in [-0.25, -0.2) is 8.42 Å². The third kappa shape index (κ3) is 4.82. The number of hydrogen-bond donors (Lipinski definition) is 1. The summed E-state index contributed by atoms with van der Waals surface area (Å²) in [7, 11) is -2.20. The van der Waals surface area contributed by atoms with Gasteiger partial charge in [0, 0.05) is 32.5 Å². The minimum Gasteiger partial charge on any atom is -0.487 e. The van der Waals surface area contributed by atoms with Crippen LogP contribution in [0.15, 0.2) is 47.4 Å². The van der Waals surface area contributed by atoms with E-state index in [-0.39, 0.29) is 35.6 Å². The quantitative estimate of drug-likeness (QED) is 0.741. The number of rotatable bonds is 5. The Kier molecular flexibility index (Phi) is 7.27. The maximum absolute atomic E-state index is 13.5. The van der Waals surface area contributed by atoms with Crippen LogP contribution >= 0.6 is 0 Å². The van der Waals surface area contributed by atoms with Crippen LogP contribution in [-0.4, -0.2) is 67.5 Å². The van der Waals surface area contributed by atoms with E-state index in [9.17, 15) is 18.3 Å². The van der Waals surface area contributed by atoms with Crippen molar-refractivity contribution in [3.63, 3.8) is 0 Å². The van der Waals surface area contributed by atoms with Crippen LogP contribution in [0.1, 0.15) is 26.3 Å². The fourth-order valence-corrected chi connectivity index (χ4v) is 5.73. The zero-order chi connectivity index (χ0) is 23.6. The molecular weight excluding hydrogens is 428 g/mol. The highest BCUT2D eigenvalue weighted by Crippen LogP contribution is 2.37. The summed E-state index contributed by atoms with van der Waals surface area (Å²) in [5.74, 6) is -0.0461. The van der Waals surface area contributed by atoms with Crippen LogP contribution in [0.4, 0.5) is 0 Å². The lowest BCUT2D eigenvalue weighted by Crippen LogP contribution is -2.50. The van der Waals surface area contributed by atoms with E-state index >= 15 is 0 Å². The van der Waals surface area contributed by atoms with Crippen molar-refractivity contribution in [1.29, 1.82) is 0 Å². The highest BCUT2D eigenvalue weighted by atomic mass is 32.2. The Morgan fingerprint density at radius 2 is 1.97 bits per heavy atom. The summed E-state index contributed by atoms with van der Waals surface area (Å²) in [6.45, 7) is 7.29. The van der Waals surface area contributed by atoms with Crippen molar-refractivity contribution in [2.45, 2.75) is 44.7 Å². The van der Waals surface area contributed by atoms with Crippen molar-refractivity contribution >= 4 is 15.9 Å². The average molecular weight is 461 g/mol. The summed E-state index contributed by atoms with van der Waals surface area (Å²) in [5.41, 5.74) is 2.91. The number of carbonyl (C=O) groups excluding carboxylic acids is 1. The predicted molar refractivity (Wildman–Crippen MR) is 124 cm³/mol. The molecule has 174 valence electrons. The van der Waals surface area contributed by atoms with Crippen molar-refractivity contribution < 1.29 is 23.1 Å². The molecule has 3 rings (SSSR count). The van der Waals surface area contributed by atoms with Gasteiger partial charge in [-0.2, -0.15) is 4.31 Å². The van der Waals surface area contributed by atoms with E-state index in [1.165, 1.54) is 11.2 Å². The number of fused-ring (bicyclic) bond motifs is 1. The molecule has 1 amide bonds. The summed E-state index contributed by atoms with van der Waals surface area (Å²) >= 11 is 0. The van der Waals surface area contributed by atoms with Crippen molar-refractivity contribution in [3.8, 4) is 16.9 Å². The Morgan fingerprint density at radius 3 is 2.59 bits per heavy atom. The highest BCUT2D eigenvalue weighted by molar-refractivity contribution is 7.89. The molecule has 0 aliphatic carbocycles. The van der Waals surface area contributed by atoms with Gasteiger partial charge < -0.3 is 14.7 Å². The number of nitrogens with zero attached hydrogens (tertiary/aromatic N) is 2. The Hall–Kier alpha value is -2.42. The molecule has 8 heteroatoms. The molecule has 2 aromatic rings. The van der Waals surface area contributed by atoms with E-state index < -0.39 is 22.2 Å². The van der Waals surface area contributed by atoms with Gasteiger partial charge in [0.05, 0.1) is 13.2 Å². The molecule has 0 saturated carbocycles. The smallest absolute Gasteiger partial charge is 0.247 e. The number of benzene rings is 2. The minimum atomic E-state index is -3.90. The molecule has 1 aliphatic rings. The van der Waals surface area contributed by atoms with Crippen LogP contribution in [0.25, 0.3) is 11.1 Å². The standard InChI is InChI=1S/C24H32N2O5S/c1-16-8-6-7-9-21(16)20-10-11-24-22(12-20)31-23(14-25(5)19(4)28)17(2)13-26(18(3)15-27)32(24,29)30/h6-12,17-18,23,27H,13-15H2,1-5H3/t17-,18-,23-/m0/s1. The maximum Gasteiger partial charge on any atom is 0.247 e. The van der Waals surface area contributed by atoms with Gasteiger partial charge in [-0.1, -0.05) is 37.3 Å². The minimum absolute atomic E-state index is 0.0671. The van der Waals surface area contributed by atoms with Crippen molar-refractivity contribution in [1.82, 2.24) is 9.21 Å². The van der Waals surface area contributed by atoms with Crippen LogP contribution in [-0.2, 0) is 14.8 Å². The SMILES string of the molecule is CC(=O)N(C)C[C@@H]1Oc2cc(-c3ccccc3C)ccc2S(=O)(=O)N([C@@H](C)CO)C[C@@H]1C. The van der Waals surface area contributed by atoms with Crippen molar-refractivity contribution in [2.75, 3.05) is 26.7 Å². The number of aryl methyl sites for hydroxylation is 1. The van der Waals surface area contributed by atoms with Gasteiger partial charge in [-0.15, -0.1) is 0 Å². The lowest BCUT2D eigenvalue weighted by molar-refractivity contribution is -0.129. The van der Waals surface area contributed by atoms with E-state index in [4.69, 9.17) is 4.74 Å². The molecule has 7 nitrogen and oxygen atoms in total. The number of carbonyl (C=O) groups is 1. The molecular formula is C24H32N2O5S. The van der Waals surface area contributed by atoms with E-state index in [1.807, 2.05) is 38.1 Å². The number of sulfonamides is 1. The van der Waals surface area contributed by atoms with E-state index in [1.54, 1.807) is 37.1 Å². The molecule has 1 heterocycles. The molecule has 0 aromatic heterocycles. The second-order valence-electron chi connectivity index (χ2n) is 8.62. The highest BCUT2D eigenvalue weighted by Gasteiger charge is 2.38. The second-order valence-corrected chi connectivity index (χ2v) is 10.5. The first kappa shape index (κ1) is 24.2. The maximum atomic E-state index is 13.5. The number of likely N-dealkylation sites (N-methyl/N-ethyl adjacent to an activating group) is 1. The molecule has 0 saturated heterocycles. The molecule has 0 unspecified atom stereocenters. The number of hydrogen-bond acceptors (Lipinski definition) is 5. The molecule has 1 aliphatic heterocycles. The Labute approximate surface area is 190 Å². The number of ether oxygens (including phenoxy) is 1. The topological polar surface area (TPSA) is 87.2 Å². The van der Waals surface area contributed by atoms with Gasteiger partial charge in [0.15, 0.2) is 0 Å². The fourth-order valence-electron chi connectivity index (χ4n) is 3.91. The molecule has 0 spiro atoms. The van der Waals surface area contributed by atoms with Gasteiger partial charge in [0.25, 0.3) is 0 Å². The Morgan fingerprint density at radius 1 is 1.28 bits per heavy atom. The third-order valence-corrected chi connectivity index (χ3v) is 8.13. The largest absolute Gasteiger partial charge is 0.487 e. The van der Waals surface area contributed by atoms with Crippen molar-refractivity contribution in [2.24, 2.45) is 5.92 Å². The summed E-state index contributed by atoms with van der Waals surface area (Å²) < 4.78 is 34.7. The first-order valence-corrected chi connectivity index (χ1v) is 12.2. The molecule has 0 radical (unpaired) electrons. The second kappa shape index (κ2) is 9.60. The summed E-state index contributed by atoms with van der Waals surface area (Å²) in [5, 5.41) is 9.73. The summed E-state index contributed by atoms with van der Waals surface area (Å²) in [6.07, 6.45) is -0.418. The first-order chi connectivity index (χ1) is 15.1. The van der Waals surface area contributed by atoms with Gasteiger partial charge in [0.2, 0.25) is 15.9 Å². The molecule has 2 aromatic carbocycles. The molecule has 3 atom stereocenters.